The number of piperazine rings is 2. The number of hydrogen-bond donors (Lipinski definition) is 1. The van der Waals surface area contributed by atoms with E-state index < -0.39 is 0 Å². The molecule has 0 aliphatic carbocycles. The predicted molar refractivity (Wildman–Crippen MR) is 89.3 cm³/mol. The second kappa shape index (κ2) is 6.67. The van der Waals surface area contributed by atoms with E-state index in [2.05, 4.69) is 41.2 Å². The van der Waals surface area contributed by atoms with Gasteiger partial charge in [-0.05, 0) is 31.2 Å². The van der Waals surface area contributed by atoms with Gasteiger partial charge in [-0.1, -0.05) is 19.1 Å². The fourth-order valence-corrected chi connectivity index (χ4v) is 3.37. The number of nitrogens with one attached hydrogen (secondary N) is 1. The number of urea groups is 1. The number of rotatable bonds is 2. The summed E-state index contributed by atoms with van der Waals surface area (Å²) in [7, 11) is 2.16. The minimum Gasteiger partial charge on any atom is -0.322 e. The topological polar surface area (TPSA) is 38.8 Å². The zero-order valence-corrected chi connectivity index (χ0v) is 13.6. The number of aryl methyl sites for hydroxylation is 1. The summed E-state index contributed by atoms with van der Waals surface area (Å²) in [5.74, 6) is 0. The standard InChI is InChI=1S/C17H26N4O/c1-3-14-5-4-6-15(11-14)18-17(22)21-10-9-20-8-7-19(2)12-16(20)13-21/h4-6,11,16H,3,7-10,12-13H2,1-2H3,(H,18,22)/t16-/m1/s1. The smallest absolute Gasteiger partial charge is 0.321 e. The molecule has 0 bridgehead atoms. The molecule has 0 saturated carbocycles. The van der Waals surface area contributed by atoms with Crippen molar-refractivity contribution in [3.8, 4) is 0 Å². The summed E-state index contributed by atoms with van der Waals surface area (Å²) >= 11 is 0. The Morgan fingerprint density at radius 1 is 1.23 bits per heavy atom. The highest BCUT2D eigenvalue weighted by atomic mass is 16.2. The highest BCUT2D eigenvalue weighted by Crippen LogP contribution is 2.17. The fourth-order valence-electron chi connectivity index (χ4n) is 3.37. The number of fused-ring (bicyclic) bond motifs is 1. The molecule has 2 heterocycles. The van der Waals surface area contributed by atoms with Gasteiger partial charge < -0.3 is 15.1 Å². The van der Waals surface area contributed by atoms with E-state index in [0.717, 1.165) is 51.4 Å². The molecule has 1 aromatic rings. The molecule has 22 heavy (non-hydrogen) atoms. The third kappa shape index (κ3) is 3.42. The lowest BCUT2D eigenvalue weighted by molar-refractivity contribution is 0.0353. The van der Waals surface area contributed by atoms with Crippen molar-refractivity contribution in [2.45, 2.75) is 19.4 Å². The van der Waals surface area contributed by atoms with Gasteiger partial charge in [0.2, 0.25) is 0 Å². The van der Waals surface area contributed by atoms with Crippen LogP contribution in [0.1, 0.15) is 12.5 Å². The fraction of sp³-hybridized carbons (Fsp3) is 0.588. The van der Waals surface area contributed by atoms with Gasteiger partial charge in [-0.2, -0.15) is 0 Å². The first-order valence-electron chi connectivity index (χ1n) is 8.23. The Morgan fingerprint density at radius 2 is 2.05 bits per heavy atom. The zero-order chi connectivity index (χ0) is 15.5. The number of nitrogens with zero attached hydrogens (tertiary/aromatic N) is 3. The van der Waals surface area contributed by atoms with Crippen molar-refractivity contribution in [1.29, 1.82) is 0 Å². The Balaban J connectivity index is 1.60. The molecule has 0 radical (unpaired) electrons. The monoisotopic (exact) mass is 302 g/mol. The van der Waals surface area contributed by atoms with Crippen molar-refractivity contribution in [1.82, 2.24) is 14.7 Å². The molecule has 1 aromatic carbocycles. The van der Waals surface area contributed by atoms with E-state index in [9.17, 15) is 4.79 Å². The van der Waals surface area contributed by atoms with Crippen molar-refractivity contribution >= 4 is 11.7 Å². The van der Waals surface area contributed by atoms with E-state index in [0.29, 0.717) is 6.04 Å². The molecular formula is C17H26N4O. The first kappa shape index (κ1) is 15.3. The molecule has 2 fully saturated rings. The van der Waals surface area contributed by atoms with Gasteiger partial charge >= 0.3 is 6.03 Å². The third-order valence-electron chi connectivity index (χ3n) is 4.77. The van der Waals surface area contributed by atoms with Gasteiger partial charge in [0.15, 0.2) is 0 Å². The summed E-state index contributed by atoms with van der Waals surface area (Å²) in [6, 6.07) is 8.61. The molecule has 2 saturated heterocycles. The summed E-state index contributed by atoms with van der Waals surface area (Å²) in [5, 5.41) is 3.05. The van der Waals surface area contributed by atoms with Crippen LogP contribution in [0, 0.1) is 0 Å². The molecule has 2 aliphatic rings. The molecule has 2 amide bonds. The van der Waals surface area contributed by atoms with Crippen LogP contribution in [-0.4, -0.2) is 73.1 Å². The van der Waals surface area contributed by atoms with Gasteiger partial charge in [0, 0.05) is 51.0 Å². The lowest BCUT2D eigenvalue weighted by atomic mass is 10.1. The first-order valence-corrected chi connectivity index (χ1v) is 8.23. The van der Waals surface area contributed by atoms with Gasteiger partial charge in [0.1, 0.15) is 0 Å². The van der Waals surface area contributed by atoms with Crippen molar-refractivity contribution < 1.29 is 4.79 Å². The molecule has 2 aliphatic heterocycles. The molecule has 0 aromatic heterocycles. The lowest BCUT2D eigenvalue weighted by Crippen LogP contribution is -2.62. The molecular weight excluding hydrogens is 276 g/mol. The van der Waals surface area contributed by atoms with E-state index in [1.54, 1.807) is 0 Å². The third-order valence-corrected chi connectivity index (χ3v) is 4.77. The minimum atomic E-state index is 0.0288. The molecule has 5 heteroatoms. The maximum absolute atomic E-state index is 12.5. The van der Waals surface area contributed by atoms with Gasteiger partial charge in [0.05, 0.1) is 0 Å². The van der Waals surface area contributed by atoms with E-state index >= 15 is 0 Å². The lowest BCUT2D eigenvalue weighted by Gasteiger charge is -2.46. The molecule has 0 spiro atoms. The van der Waals surface area contributed by atoms with Crippen LogP contribution in [0.15, 0.2) is 24.3 Å². The van der Waals surface area contributed by atoms with Crippen molar-refractivity contribution in [3.63, 3.8) is 0 Å². The first-order chi connectivity index (χ1) is 10.7. The zero-order valence-electron chi connectivity index (χ0n) is 13.6. The normalized spacial score (nSPS) is 23.2. The molecule has 5 nitrogen and oxygen atoms in total. The summed E-state index contributed by atoms with van der Waals surface area (Å²) in [6.07, 6.45) is 0.983. The summed E-state index contributed by atoms with van der Waals surface area (Å²) in [6.45, 7) is 8.06. The average molecular weight is 302 g/mol. The number of carbonyl (C=O) groups is 1. The highest BCUT2D eigenvalue weighted by molar-refractivity contribution is 5.89. The number of anilines is 1. The number of carbonyl (C=O) groups excluding carboxylic acids is 1. The van der Waals surface area contributed by atoms with Crippen LogP contribution in [0.5, 0.6) is 0 Å². The number of benzene rings is 1. The average Bonchev–Trinajstić information content (AvgIpc) is 2.54. The maximum atomic E-state index is 12.5. The van der Waals surface area contributed by atoms with Crippen LogP contribution in [0.25, 0.3) is 0 Å². The van der Waals surface area contributed by atoms with Gasteiger partial charge in [0.25, 0.3) is 0 Å². The van der Waals surface area contributed by atoms with Crippen LogP contribution >= 0.6 is 0 Å². The predicted octanol–water partition coefficient (Wildman–Crippen LogP) is 1.71. The van der Waals surface area contributed by atoms with Gasteiger partial charge in [-0.3, -0.25) is 4.90 Å². The SMILES string of the molecule is CCc1cccc(NC(=O)N2CCN3CCN(C)C[C@@H]3C2)c1. The van der Waals surface area contributed by atoms with Crippen LogP contribution in [0.2, 0.25) is 0 Å². The summed E-state index contributed by atoms with van der Waals surface area (Å²) < 4.78 is 0. The Labute approximate surface area is 132 Å². The molecule has 0 unspecified atom stereocenters. The Bertz CT molecular complexity index is 533. The van der Waals surface area contributed by atoms with Crippen molar-refractivity contribution in [2.24, 2.45) is 0 Å². The minimum absolute atomic E-state index is 0.0288. The van der Waals surface area contributed by atoms with E-state index in [-0.39, 0.29) is 6.03 Å². The highest BCUT2D eigenvalue weighted by Gasteiger charge is 2.32. The van der Waals surface area contributed by atoms with E-state index in [1.165, 1.54) is 5.56 Å². The number of hydrogen-bond acceptors (Lipinski definition) is 3. The second-order valence-corrected chi connectivity index (χ2v) is 6.38. The van der Waals surface area contributed by atoms with Crippen LogP contribution in [0.4, 0.5) is 10.5 Å². The molecule has 1 N–H and O–H groups in total. The number of amides is 2. The van der Waals surface area contributed by atoms with E-state index in [1.807, 2.05) is 17.0 Å². The van der Waals surface area contributed by atoms with Gasteiger partial charge in [-0.15, -0.1) is 0 Å². The number of likely N-dealkylation sites (N-methyl/N-ethyl adjacent to an activating group) is 1. The Hall–Kier alpha value is -1.59. The van der Waals surface area contributed by atoms with Crippen LogP contribution in [0.3, 0.4) is 0 Å². The Kier molecular flexibility index (Phi) is 4.64. The quantitative estimate of drug-likeness (QED) is 0.904. The maximum Gasteiger partial charge on any atom is 0.321 e. The van der Waals surface area contributed by atoms with Gasteiger partial charge in [-0.25, -0.2) is 4.79 Å². The molecule has 3 rings (SSSR count). The second-order valence-electron chi connectivity index (χ2n) is 6.38. The molecule has 120 valence electrons. The summed E-state index contributed by atoms with van der Waals surface area (Å²) in [4.78, 5) is 19.3. The van der Waals surface area contributed by atoms with E-state index in [4.69, 9.17) is 0 Å². The van der Waals surface area contributed by atoms with Crippen molar-refractivity contribution in [3.05, 3.63) is 29.8 Å². The van der Waals surface area contributed by atoms with Crippen molar-refractivity contribution in [2.75, 3.05) is 51.6 Å². The Morgan fingerprint density at radius 3 is 2.86 bits per heavy atom. The molecule has 1 atom stereocenters. The summed E-state index contributed by atoms with van der Waals surface area (Å²) in [5.41, 5.74) is 2.14. The van der Waals surface area contributed by atoms with Crippen LogP contribution in [-0.2, 0) is 6.42 Å². The largest absolute Gasteiger partial charge is 0.322 e. The van der Waals surface area contributed by atoms with Crippen LogP contribution < -0.4 is 5.32 Å².